The van der Waals surface area contributed by atoms with Gasteiger partial charge in [0.1, 0.15) is 12.0 Å². The standard InChI is InChI=1S/C9H9BrO2/c1-6(5-11)8-3-2-7(10)4-9(8)12/h2-6,12H,1H3. The molecule has 12 heavy (non-hydrogen) atoms. The molecule has 3 heteroatoms. The summed E-state index contributed by atoms with van der Waals surface area (Å²) in [5.74, 6) is -0.0953. The van der Waals surface area contributed by atoms with Crippen LogP contribution in [-0.2, 0) is 4.79 Å². The monoisotopic (exact) mass is 228 g/mol. The zero-order chi connectivity index (χ0) is 9.14. The van der Waals surface area contributed by atoms with Gasteiger partial charge in [-0.25, -0.2) is 0 Å². The maximum absolute atomic E-state index is 10.4. The van der Waals surface area contributed by atoms with Gasteiger partial charge in [-0.05, 0) is 12.1 Å². The van der Waals surface area contributed by atoms with Gasteiger partial charge in [0.15, 0.2) is 0 Å². The molecule has 0 aliphatic rings. The lowest BCUT2D eigenvalue weighted by Crippen LogP contribution is -1.94. The lowest BCUT2D eigenvalue weighted by atomic mass is 10.0. The molecule has 0 fully saturated rings. The van der Waals surface area contributed by atoms with Gasteiger partial charge in [-0.1, -0.05) is 28.9 Å². The lowest BCUT2D eigenvalue weighted by molar-refractivity contribution is -0.108. The first-order valence-corrected chi connectivity index (χ1v) is 4.38. The van der Waals surface area contributed by atoms with Crippen molar-refractivity contribution in [3.63, 3.8) is 0 Å². The van der Waals surface area contributed by atoms with Crippen molar-refractivity contribution < 1.29 is 9.90 Å². The van der Waals surface area contributed by atoms with Gasteiger partial charge in [0, 0.05) is 16.0 Å². The van der Waals surface area contributed by atoms with E-state index in [0.717, 1.165) is 10.8 Å². The molecule has 1 aromatic carbocycles. The van der Waals surface area contributed by atoms with Crippen LogP contribution in [0.15, 0.2) is 22.7 Å². The molecule has 1 unspecified atom stereocenters. The Balaban J connectivity index is 3.09. The smallest absolute Gasteiger partial charge is 0.127 e. The highest BCUT2D eigenvalue weighted by Gasteiger charge is 2.08. The second kappa shape index (κ2) is 3.72. The summed E-state index contributed by atoms with van der Waals surface area (Å²) >= 11 is 3.22. The predicted octanol–water partition coefficient (Wildman–Crippen LogP) is 2.46. The second-order valence-corrected chi connectivity index (χ2v) is 3.54. The Labute approximate surface area is 79.3 Å². The number of phenols is 1. The van der Waals surface area contributed by atoms with Crippen molar-refractivity contribution in [1.29, 1.82) is 0 Å². The zero-order valence-corrected chi connectivity index (χ0v) is 8.21. The molecule has 1 N–H and O–H groups in total. The SMILES string of the molecule is CC(C=O)c1ccc(Br)cc1O. The highest BCUT2D eigenvalue weighted by Crippen LogP contribution is 2.27. The molecule has 0 radical (unpaired) electrons. The highest BCUT2D eigenvalue weighted by molar-refractivity contribution is 9.10. The van der Waals surface area contributed by atoms with Gasteiger partial charge < -0.3 is 9.90 Å². The summed E-state index contributed by atoms with van der Waals surface area (Å²) in [6.45, 7) is 1.75. The van der Waals surface area contributed by atoms with Crippen molar-refractivity contribution in [1.82, 2.24) is 0 Å². The van der Waals surface area contributed by atoms with Crippen LogP contribution in [-0.4, -0.2) is 11.4 Å². The average molecular weight is 229 g/mol. The van der Waals surface area contributed by atoms with Crippen molar-refractivity contribution in [2.75, 3.05) is 0 Å². The number of carbonyl (C=O) groups excluding carboxylic acids is 1. The van der Waals surface area contributed by atoms with Crippen molar-refractivity contribution in [3.8, 4) is 5.75 Å². The normalized spacial score (nSPS) is 12.5. The number of aldehydes is 1. The summed E-state index contributed by atoms with van der Waals surface area (Å²) in [6.07, 6.45) is 0.808. The number of aromatic hydroxyl groups is 1. The number of benzene rings is 1. The third-order valence-electron chi connectivity index (χ3n) is 1.69. The van der Waals surface area contributed by atoms with Gasteiger partial charge >= 0.3 is 0 Å². The van der Waals surface area contributed by atoms with E-state index in [0.29, 0.717) is 5.56 Å². The first kappa shape index (κ1) is 9.26. The van der Waals surface area contributed by atoms with Crippen LogP contribution in [0, 0.1) is 0 Å². The van der Waals surface area contributed by atoms with Crippen LogP contribution in [0.3, 0.4) is 0 Å². The molecule has 0 aliphatic carbocycles. The Morgan fingerprint density at radius 3 is 2.75 bits per heavy atom. The Morgan fingerprint density at radius 1 is 1.58 bits per heavy atom. The summed E-state index contributed by atoms with van der Waals surface area (Å²) in [4.78, 5) is 10.4. The number of phenolic OH excluding ortho intramolecular Hbond substituents is 1. The molecular weight excluding hydrogens is 220 g/mol. The molecule has 1 rings (SSSR count). The maximum atomic E-state index is 10.4. The van der Waals surface area contributed by atoms with E-state index in [1.54, 1.807) is 25.1 Å². The molecule has 0 bridgehead atoms. The van der Waals surface area contributed by atoms with Crippen molar-refractivity contribution in [2.24, 2.45) is 0 Å². The average Bonchev–Trinajstić information content (AvgIpc) is 2.03. The van der Waals surface area contributed by atoms with Crippen molar-refractivity contribution >= 4 is 22.2 Å². The van der Waals surface area contributed by atoms with Gasteiger partial charge in [-0.15, -0.1) is 0 Å². The lowest BCUT2D eigenvalue weighted by Gasteiger charge is -2.06. The zero-order valence-electron chi connectivity index (χ0n) is 6.62. The minimum atomic E-state index is -0.252. The Bertz CT molecular complexity index is 297. The highest BCUT2D eigenvalue weighted by atomic mass is 79.9. The Kier molecular flexibility index (Phi) is 2.87. The predicted molar refractivity (Wildman–Crippen MR) is 50.3 cm³/mol. The number of hydrogen-bond acceptors (Lipinski definition) is 2. The first-order chi connectivity index (χ1) is 5.65. The van der Waals surface area contributed by atoms with Gasteiger partial charge in [-0.3, -0.25) is 0 Å². The molecule has 1 aromatic rings. The fourth-order valence-corrected chi connectivity index (χ4v) is 1.32. The maximum Gasteiger partial charge on any atom is 0.127 e. The van der Waals surface area contributed by atoms with Gasteiger partial charge in [-0.2, -0.15) is 0 Å². The van der Waals surface area contributed by atoms with E-state index >= 15 is 0 Å². The quantitative estimate of drug-likeness (QED) is 0.791. The third-order valence-corrected chi connectivity index (χ3v) is 2.18. The molecule has 0 saturated carbocycles. The Morgan fingerprint density at radius 2 is 2.25 bits per heavy atom. The van der Waals surface area contributed by atoms with Crippen molar-refractivity contribution in [3.05, 3.63) is 28.2 Å². The number of carbonyl (C=O) groups is 1. The van der Waals surface area contributed by atoms with Crippen LogP contribution in [0.1, 0.15) is 18.4 Å². The minimum absolute atomic E-state index is 0.156. The molecular formula is C9H9BrO2. The second-order valence-electron chi connectivity index (χ2n) is 2.63. The molecule has 0 aromatic heterocycles. The first-order valence-electron chi connectivity index (χ1n) is 3.59. The van der Waals surface area contributed by atoms with Gasteiger partial charge in [0.25, 0.3) is 0 Å². The fraction of sp³-hybridized carbons (Fsp3) is 0.222. The molecule has 0 spiro atoms. The molecule has 0 heterocycles. The number of hydrogen-bond donors (Lipinski definition) is 1. The molecule has 0 saturated heterocycles. The summed E-state index contributed by atoms with van der Waals surface area (Å²) in [7, 11) is 0. The molecule has 0 aliphatic heterocycles. The summed E-state index contributed by atoms with van der Waals surface area (Å²) in [6, 6.07) is 5.11. The van der Waals surface area contributed by atoms with Crippen LogP contribution >= 0.6 is 15.9 Å². The molecule has 2 nitrogen and oxygen atoms in total. The fourth-order valence-electron chi connectivity index (χ4n) is 0.975. The van der Waals surface area contributed by atoms with E-state index in [4.69, 9.17) is 0 Å². The topological polar surface area (TPSA) is 37.3 Å². The van der Waals surface area contributed by atoms with Crippen LogP contribution in [0.25, 0.3) is 0 Å². The van der Waals surface area contributed by atoms with Gasteiger partial charge in [0.2, 0.25) is 0 Å². The molecule has 0 amide bonds. The van der Waals surface area contributed by atoms with Crippen LogP contribution < -0.4 is 0 Å². The summed E-state index contributed by atoms with van der Waals surface area (Å²) < 4.78 is 0.807. The molecule has 1 atom stereocenters. The molecule has 64 valence electrons. The minimum Gasteiger partial charge on any atom is -0.508 e. The summed E-state index contributed by atoms with van der Waals surface area (Å²) in [5, 5.41) is 9.40. The van der Waals surface area contributed by atoms with E-state index in [-0.39, 0.29) is 11.7 Å². The van der Waals surface area contributed by atoms with Crippen LogP contribution in [0.2, 0.25) is 0 Å². The largest absolute Gasteiger partial charge is 0.508 e. The van der Waals surface area contributed by atoms with Crippen LogP contribution in [0.5, 0.6) is 5.75 Å². The number of halogens is 1. The van der Waals surface area contributed by atoms with Crippen molar-refractivity contribution in [2.45, 2.75) is 12.8 Å². The number of rotatable bonds is 2. The van der Waals surface area contributed by atoms with E-state index in [1.807, 2.05) is 0 Å². The van der Waals surface area contributed by atoms with E-state index in [2.05, 4.69) is 15.9 Å². The Hall–Kier alpha value is -0.830. The van der Waals surface area contributed by atoms with E-state index < -0.39 is 0 Å². The van der Waals surface area contributed by atoms with E-state index in [9.17, 15) is 9.90 Å². The third kappa shape index (κ3) is 1.85. The van der Waals surface area contributed by atoms with E-state index in [1.165, 1.54) is 0 Å². The van der Waals surface area contributed by atoms with Gasteiger partial charge in [0.05, 0.1) is 0 Å². The summed E-state index contributed by atoms with van der Waals surface area (Å²) in [5.41, 5.74) is 0.660. The van der Waals surface area contributed by atoms with Crippen LogP contribution in [0.4, 0.5) is 0 Å².